The van der Waals surface area contributed by atoms with E-state index in [0.29, 0.717) is 30.3 Å². The highest BCUT2D eigenvalue weighted by molar-refractivity contribution is 7.89. The number of nitrogens with zero attached hydrogens (tertiary/aromatic N) is 1. The van der Waals surface area contributed by atoms with Crippen LogP contribution in [0.1, 0.15) is 28.8 Å². The molecule has 1 aliphatic rings. The summed E-state index contributed by atoms with van der Waals surface area (Å²) < 4.78 is 33.3. The molecule has 0 aliphatic carbocycles. The molecule has 1 saturated heterocycles. The molecular formula is C24H23ClN2O4S. The van der Waals surface area contributed by atoms with Crippen LogP contribution in [0.15, 0.2) is 71.6 Å². The molecule has 0 radical (unpaired) electrons. The van der Waals surface area contributed by atoms with E-state index in [2.05, 4.69) is 5.32 Å². The lowest BCUT2D eigenvalue weighted by atomic mass is 10.2. The van der Waals surface area contributed by atoms with Crippen molar-refractivity contribution in [2.24, 2.45) is 0 Å². The Kier molecular flexibility index (Phi) is 6.50. The Bertz CT molecular complexity index is 1250. The van der Waals surface area contributed by atoms with Gasteiger partial charge in [-0.25, -0.2) is 8.42 Å². The standard InChI is InChI=1S/C24H23ClN2O4S/c1-17-7-6-8-19(15-17)31-22-10-3-2-9-21(22)26-24(28)18-11-12-20(25)23(16-18)32(29,30)27-13-4-5-14-27/h2-3,6-12,15-16H,4-5,13-14H2,1H3,(H,26,28). The lowest BCUT2D eigenvalue weighted by Crippen LogP contribution is -2.28. The molecular weight excluding hydrogens is 448 g/mol. The van der Waals surface area contributed by atoms with Gasteiger partial charge in [0.05, 0.1) is 10.7 Å². The summed E-state index contributed by atoms with van der Waals surface area (Å²) in [7, 11) is -3.75. The zero-order valence-electron chi connectivity index (χ0n) is 17.5. The SMILES string of the molecule is Cc1cccc(Oc2ccccc2NC(=O)c2ccc(Cl)c(S(=O)(=O)N3CCCC3)c2)c1. The predicted molar refractivity (Wildman–Crippen MR) is 125 cm³/mol. The van der Waals surface area contributed by atoms with Gasteiger partial charge in [0.2, 0.25) is 10.0 Å². The summed E-state index contributed by atoms with van der Waals surface area (Å²) in [5.41, 5.74) is 1.72. The van der Waals surface area contributed by atoms with Gasteiger partial charge in [0.1, 0.15) is 10.6 Å². The molecule has 1 N–H and O–H groups in total. The van der Waals surface area contributed by atoms with E-state index in [1.54, 1.807) is 18.2 Å². The maximum atomic E-state index is 13.0. The molecule has 1 aliphatic heterocycles. The lowest BCUT2D eigenvalue weighted by Gasteiger charge is -2.17. The van der Waals surface area contributed by atoms with Gasteiger partial charge < -0.3 is 10.1 Å². The molecule has 0 unspecified atom stereocenters. The smallest absolute Gasteiger partial charge is 0.255 e. The van der Waals surface area contributed by atoms with Gasteiger partial charge in [0, 0.05) is 18.7 Å². The summed E-state index contributed by atoms with van der Waals surface area (Å²) in [4.78, 5) is 12.9. The number of anilines is 1. The van der Waals surface area contributed by atoms with E-state index in [-0.39, 0.29) is 15.5 Å². The highest BCUT2D eigenvalue weighted by Gasteiger charge is 2.29. The highest BCUT2D eigenvalue weighted by Crippen LogP contribution is 2.31. The van der Waals surface area contributed by atoms with E-state index in [1.807, 2.05) is 37.3 Å². The summed E-state index contributed by atoms with van der Waals surface area (Å²) in [6.45, 7) is 2.88. The number of para-hydroxylation sites is 2. The molecule has 3 aromatic carbocycles. The number of ether oxygens (including phenoxy) is 1. The van der Waals surface area contributed by atoms with Crippen LogP contribution in [0.3, 0.4) is 0 Å². The maximum absolute atomic E-state index is 13.0. The first kappa shape index (κ1) is 22.3. The number of carbonyl (C=O) groups excluding carboxylic acids is 1. The van der Waals surface area contributed by atoms with Crippen molar-refractivity contribution < 1.29 is 17.9 Å². The van der Waals surface area contributed by atoms with Gasteiger partial charge in [-0.1, -0.05) is 35.9 Å². The molecule has 0 bridgehead atoms. The predicted octanol–water partition coefficient (Wildman–Crippen LogP) is 5.48. The number of carbonyl (C=O) groups is 1. The van der Waals surface area contributed by atoms with Crippen molar-refractivity contribution in [3.05, 3.63) is 82.9 Å². The van der Waals surface area contributed by atoms with Gasteiger partial charge in [0.25, 0.3) is 5.91 Å². The second-order valence-corrected chi connectivity index (χ2v) is 9.94. The number of rotatable bonds is 6. The van der Waals surface area contributed by atoms with Crippen molar-refractivity contribution in [3.63, 3.8) is 0 Å². The van der Waals surface area contributed by atoms with E-state index in [0.717, 1.165) is 18.4 Å². The van der Waals surface area contributed by atoms with E-state index in [4.69, 9.17) is 16.3 Å². The minimum Gasteiger partial charge on any atom is -0.455 e. The van der Waals surface area contributed by atoms with E-state index >= 15 is 0 Å². The highest BCUT2D eigenvalue weighted by atomic mass is 35.5. The number of aryl methyl sites for hydroxylation is 1. The van der Waals surface area contributed by atoms with Crippen LogP contribution in [-0.4, -0.2) is 31.7 Å². The first-order chi connectivity index (χ1) is 15.3. The van der Waals surface area contributed by atoms with Crippen LogP contribution in [0.25, 0.3) is 0 Å². The zero-order valence-corrected chi connectivity index (χ0v) is 19.1. The van der Waals surface area contributed by atoms with Gasteiger partial charge in [-0.15, -0.1) is 0 Å². The van der Waals surface area contributed by atoms with Crippen molar-refractivity contribution in [1.82, 2.24) is 4.31 Å². The van der Waals surface area contributed by atoms with Crippen LogP contribution in [0.2, 0.25) is 5.02 Å². The van der Waals surface area contributed by atoms with Crippen molar-refractivity contribution in [2.45, 2.75) is 24.7 Å². The van der Waals surface area contributed by atoms with Gasteiger partial charge in [-0.2, -0.15) is 4.31 Å². The maximum Gasteiger partial charge on any atom is 0.255 e. The van der Waals surface area contributed by atoms with Crippen LogP contribution in [0, 0.1) is 6.92 Å². The van der Waals surface area contributed by atoms with Gasteiger partial charge >= 0.3 is 0 Å². The summed E-state index contributed by atoms with van der Waals surface area (Å²) in [6, 6.07) is 18.9. The van der Waals surface area contributed by atoms with Crippen molar-refractivity contribution in [1.29, 1.82) is 0 Å². The number of benzene rings is 3. The molecule has 3 aromatic rings. The molecule has 0 saturated carbocycles. The monoisotopic (exact) mass is 470 g/mol. The Morgan fingerprint density at radius 2 is 1.75 bits per heavy atom. The number of hydrogen-bond acceptors (Lipinski definition) is 4. The number of amides is 1. The second kappa shape index (κ2) is 9.32. The molecule has 8 heteroatoms. The third-order valence-electron chi connectivity index (χ3n) is 5.23. The lowest BCUT2D eigenvalue weighted by molar-refractivity contribution is 0.102. The molecule has 166 valence electrons. The Morgan fingerprint density at radius 3 is 2.50 bits per heavy atom. The van der Waals surface area contributed by atoms with Crippen LogP contribution in [-0.2, 0) is 10.0 Å². The minimum atomic E-state index is -3.75. The minimum absolute atomic E-state index is 0.0574. The average molecular weight is 471 g/mol. The average Bonchev–Trinajstić information content (AvgIpc) is 3.31. The fourth-order valence-corrected chi connectivity index (χ4v) is 5.59. The zero-order chi connectivity index (χ0) is 22.7. The largest absolute Gasteiger partial charge is 0.455 e. The molecule has 0 spiro atoms. The normalized spacial score (nSPS) is 14.3. The van der Waals surface area contributed by atoms with Crippen molar-refractivity contribution in [3.8, 4) is 11.5 Å². The fourth-order valence-electron chi connectivity index (χ4n) is 3.57. The summed E-state index contributed by atoms with van der Waals surface area (Å²) in [5, 5.41) is 2.91. The van der Waals surface area contributed by atoms with Gasteiger partial charge in [0.15, 0.2) is 5.75 Å². The number of nitrogens with one attached hydrogen (secondary N) is 1. The third-order valence-corrected chi connectivity index (χ3v) is 7.61. The Hall–Kier alpha value is -2.87. The van der Waals surface area contributed by atoms with Gasteiger partial charge in [-0.05, 0) is 67.8 Å². The molecule has 32 heavy (non-hydrogen) atoms. The number of hydrogen-bond donors (Lipinski definition) is 1. The molecule has 1 fully saturated rings. The summed E-state index contributed by atoms with van der Waals surface area (Å²) in [6.07, 6.45) is 1.63. The van der Waals surface area contributed by atoms with Crippen LogP contribution < -0.4 is 10.1 Å². The second-order valence-electron chi connectivity index (χ2n) is 7.63. The molecule has 1 amide bonds. The van der Waals surface area contributed by atoms with E-state index in [9.17, 15) is 13.2 Å². The quantitative estimate of drug-likeness (QED) is 0.517. The molecule has 0 atom stereocenters. The van der Waals surface area contributed by atoms with Crippen LogP contribution >= 0.6 is 11.6 Å². The van der Waals surface area contributed by atoms with E-state index < -0.39 is 15.9 Å². The Balaban J connectivity index is 1.59. The first-order valence-corrected chi connectivity index (χ1v) is 12.1. The first-order valence-electron chi connectivity index (χ1n) is 10.3. The van der Waals surface area contributed by atoms with Crippen LogP contribution in [0.5, 0.6) is 11.5 Å². The Morgan fingerprint density at radius 1 is 1.00 bits per heavy atom. The molecule has 1 heterocycles. The van der Waals surface area contributed by atoms with Crippen molar-refractivity contribution in [2.75, 3.05) is 18.4 Å². The van der Waals surface area contributed by atoms with Crippen LogP contribution in [0.4, 0.5) is 5.69 Å². The number of sulfonamides is 1. The Labute approximate surface area is 192 Å². The number of halogens is 1. The van der Waals surface area contributed by atoms with Crippen molar-refractivity contribution >= 4 is 33.2 Å². The molecule has 0 aromatic heterocycles. The summed E-state index contributed by atoms with van der Waals surface area (Å²) >= 11 is 6.19. The third kappa shape index (κ3) is 4.80. The van der Waals surface area contributed by atoms with E-state index in [1.165, 1.54) is 22.5 Å². The topological polar surface area (TPSA) is 75.7 Å². The van der Waals surface area contributed by atoms with Gasteiger partial charge in [-0.3, -0.25) is 4.79 Å². The fraction of sp³-hybridized carbons (Fsp3) is 0.208. The molecule has 4 rings (SSSR count). The molecule has 6 nitrogen and oxygen atoms in total. The summed E-state index contributed by atoms with van der Waals surface area (Å²) in [5.74, 6) is 0.669.